The van der Waals surface area contributed by atoms with Crippen LogP contribution >= 0.6 is 23.4 Å². The lowest BCUT2D eigenvalue weighted by molar-refractivity contribution is 0.0983. The van der Waals surface area contributed by atoms with E-state index in [1.54, 1.807) is 31.4 Å². The summed E-state index contributed by atoms with van der Waals surface area (Å²) in [6, 6.07) is 4.71. The highest BCUT2D eigenvalue weighted by Gasteiger charge is 2.17. The highest BCUT2D eigenvalue weighted by molar-refractivity contribution is 7.98. The Morgan fingerprint density at radius 1 is 1.42 bits per heavy atom. The van der Waals surface area contributed by atoms with Crippen LogP contribution in [0, 0.1) is 0 Å². The lowest BCUT2D eigenvalue weighted by Gasteiger charge is -2.11. The van der Waals surface area contributed by atoms with E-state index in [0.717, 1.165) is 0 Å². The topological polar surface area (TPSA) is 118 Å². The molecule has 0 aliphatic carbocycles. The number of nitrogens with two attached hydrogens (primary N) is 1. The van der Waals surface area contributed by atoms with Crippen LogP contribution in [0.4, 0.5) is 11.5 Å². The van der Waals surface area contributed by atoms with Crippen LogP contribution < -0.4 is 16.6 Å². The molecule has 0 fully saturated rings. The number of nitrogens with one attached hydrogen (secondary N) is 2. The molecule has 1 aromatic heterocycles. The van der Waals surface area contributed by atoms with E-state index in [4.69, 9.17) is 17.3 Å². The fraction of sp³-hybridized carbons (Fsp3) is 0.200. The van der Waals surface area contributed by atoms with Crippen molar-refractivity contribution in [2.24, 2.45) is 5.73 Å². The van der Waals surface area contributed by atoms with E-state index < -0.39 is 11.5 Å². The van der Waals surface area contributed by atoms with Gasteiger partial charge in [0.2, 0.25) is 0 Å². The summed E-state index contributed by atoms with van der Waals surface area (Å²) in [5.74, 6) is -1.01. The monoisotopic (exact) mass is 366 g/mol. The first-order valence-electron chi connectivity index (χ1n) is 6.95. The van der Waals surface area contributed by atoms with E-state index >= 15 is 0 Å². The van der Waals surface area contributed by atoms with Crippen LogP contribution in [0.2, 0.25) is 5.02 Å². The van der Waals surface area contributed by atoms with Gasteiger partial charge in [0.1, 0.15) is 5.56 Å². The second kappa shape index (κ2) is 7.50. The molecule has 0 unspecified atom stereocenters. The molecule has 2 aromatic rings. The van der Waals surface area contributed by atoms with Crippen LogP contribution in [0.3, 0.4) is 0 Å². The molecule has 9 heteroatoms. The Morgan fingerprint density at radius 2 is 2.12 bits per heavy atom. The zero-order chi connectivity index (χ0) is 17.9. The number of rotatable bonds is 6. The summed E-state index contributed by atoms with van der Waals surface area (Å²) in [5, 5.41) is 3.51. The Bertz CT molecular complexity index is 866. The minimum Gasteiger partial charge on any atom is -0.365 e. The second-order valence-corrected chi connectivity index (χ2v) is 5.96. The lowest BCUT2D eigenvalue weighted by Crippen LogP contribution is -2.26. The van der Waals surface area contributed by atoms with E-state index in [1.807, 2.05) is 0 Å². The fourth-order valence-corrected chi connectivity index (χ4v) is 2.61. The third-order valence-electron chi connectivity index (χ3n) is 3.19. The van der Waals surface area contributed by atoms with Crippen molar-refractivity contribution in [1.82, 2.24) is 9.97 Å². The zero-order valence-electron chi connectivity index (χ0n) is 13.0. The van der Waals surface area contributed by atoms with Gasteiger partial charge in [-0.3, -0.25) is 14.4 Å². The minimum absolute atomic E-state index is 0.0211. The molecule has 1 aromatic carbocycles. The van der Waals surface area contributed by atoms with Gasteiger partial charge in [0.25, 0.3) is 11.5 Å². The molecule has 0 aliphatic heterocycles. The van der Waals surface area contributed by atoms with Crippen LogP contribution in [0.1, 0.15) is 34.1 Å². The van der Waals surface area contributed by atoms with Crippen molar-refractivity contribution >= 4 is 46.6 Å². The third-order valence-corrected chi connectivity index (χ3v) is 4.10. The van der Waals surface area contributed by atoms with Crippen LogP contribution in [-0.4, -0.2) is 27.9 Å². The predicted molar refractivity (Wildman–Crippen MR) is 94.5 cm³/mol. The van der Waals surface area contributed by atoms with E-state index in [2.05, 4.69) is 15.3 Å². The molecule has 7 nitrogen and oxygen atoms in total. The van der Waals surface area contributed by atoms with Gasteiger partial charge in [-0.25, -0.2) is 4.98 Å². The molecule has 0 radical (unpaired) electrons. The molecular formula is C15H15ClN4O3S. The summed E-state index contributed by atoms with van der Waals surface area (Å²) >= 11 is 7.24. The van der Waals surface area contributed by atoms with Crippen molar-refractivity contribution in [3.63, 3.8) is 0 Å². The smallest absolute Gasteiger partial charge is 0.266 e. The SMILES string of the molecule is CCC(=O)c1cc(Nc2nc(SC)[nH]c(=O)c2C(N)=O)ccc1Cl. The zero-order valence-corrected chi connectivity index (χ0v) is 14.5. The maximum Gasteiger partial charge on any atom is 0.266 e. The molecule has 126 valence electrons. The largest absolute Gasteiger partial charge is 0.365 e. The normalized spacial score (nSPS) is 10.5. The molecule has 0 aliphatic rings. The van der Waals surface area contributed by atoms with Crippen molar-refractivity contribution in [2.45, 2.75) is 18.5 Å². The number of halogens is 1. The van der Waals surface area contributed by atoms with E-state index in [-0.39, 0.29) is 17.2 Å². The number of H-pyrrole nitrogens is 1. The fourth-order valence-electron chi connectivity index (χ4n) is 2.01. The summed E-state index contributed by atoms with van der Waals surface area (Å²) in [5.41, 5.74) is 5.15. The first kappa shape index (κ1) is 18.0. The van der Waals surface area contributed by atoms with E-state index in [1.165, 1.54) is 11.8 Å². The molecule has 4 N–H and O–H groups in total. The third kappa shape index (κ3) is 3.77. The van der Waals surface area contributed by atoms with Crippen molar-refractivity contribution in [3.8, 4) is 0 Å². The Hall–Kier alpha value is -2.32. The van der Waals surface area contributed by atoms with E-state index in [0.29, 0.717) is 27.9 Å². The predicted octanol–water partition coefficient (Wildman–Crippen LogP) is 2.58. The number of aromatic amines is 1. The number of Topliss-reactive ketones (excluding diaryl/α,β-unsaturated/α-hetero) is 1. The second-order valence-electron chi connectivity index (χ2n) is 4.76. The summed E-state index contributed by atoms with van der Waals surface area (Å²) < 4.78 is 0. The van der Waals surface area contributed by atoms with Gasteiger partial charge in [0.05, 0.1) is 5.02 Å². The van der Waals surface area contributed by atoms with E-state index in [9.17, 15) is 14.4 Å². The Labute approximate surface area is 147 Å². The van der Waals surface area contributed by atoms with Gasteiger partial charge < -0.3 is 16.0 Å². The molecule has 24 heavy (non-hydrogen) atoms. The molecular weight excluding hydrogens is 352 g/mol. The summed E-state index contributed by atoms with van der Waals surface area (Å²) in [6.45, 7) is 1.73. The number of hydrogen-bond acceptors (Lipinski definition) is 6. The number of anilines is 2. The minimum atomic E-state index is -0.905. The average molecular weight is 367 g/mol. The molecule has 1 heterocycles. The highest BCUT2D eigenvalue weighted by atomic mass is 35.5. The average Bonchev–Trinajstić information content (AvgIpc) is 2.54. The lowest BCUT2D eigenvalue weighted by atomic mass is 10.1. The Balaban J connectivity index is 2.51. The maximum absolute atomic E-state index is 12.0. The number of carbonyl (C=O) groups is 2. The van der Waals surface area contributed by atoms with Gasteiger partial charge in [0.15, 0.2) is 16.8 Å². The number of aromatic nitrogens is 2. The van der Waals surface area contributed by atoms with Crippen LogP contribution in [-0.2, 0) is 0 Å². The molecule has 0 saturated carbocycles. The number of hydrogen-bond donors (Lipinski definition) is 3. The van der Waals surface area contributed by atoms with Gasteiger partial charge in [-0.2, -0.15) is 0 Å². The molecule has 0 atom stereocenters. The van der Waals surface area contributed by atoms with Gasteiger partial charge in [-0.1, -0.05) is 30.3 Å². The van der Waals surface area contributed by atoms with Gasteiger partial charge in [0, 0.05) is 17.7 Å². The summed E-state index contributed by atoms with van der Waals surface area (Å²) in [4.78, 5) is 42.1. The molecule has 1 amide bonds. The summed E-state index contributed by atoms with van der Waals surface area (Å²) in [6.07, 6.45) is 2.03. The van der Waals surface area contributed by atoms with Gasteiger partial charge >= 0.3 is 0 Å². The molecule has 0 saturated heterocycles. The maximum atomic E-state index is 12.0. The van der Waals surface area contributed by atoms with Crippen LogP contribution in [0.15, 0.2) is 28.2 Å². The van der Waals surface area contributed by atoms with Crippen LogP contribution in [0.25, 0.3) is 0 Å². The van der Waals surface area contributed by atoms with Crippen molar-refractivity contribution in [1.29, 1.82) is 0 Å². The number of ketones is 1. The van der Waals surface area contributed by atoms with Gasteiger partial charge in [-0.15, -0.1) is 0 Å². The van der Waals surface area contributed by atoms with Crippen molar-refractivity contribution in [2.75, 3.05) is 11.6 Å². The van der Waals surface area contributed by atoms with Crippen molar-refractivity contribution < 1.29 is 9.59 Å². The summed E-state index contributed by atoms with van der Waals surface area (Å²) in [7, 11) is 0. The number of carbonyl (C=O) groups excluding carboxylic acids is 2. The number of thioether (sulfide) groups is 1. The Morgan fingerprint density at radius 3 is 2.71 bits per heavy atom. The Kier molecular flexibility index (Phi) is 5.63. The quantitative estimate of drug-likeness (QED) is 0.411. The highest BCUT2D eigenvalue weighted by Crippen LogP contribution is 2.25. The molecule has 0 spiro atoms. The number of benzene rings is 1. The number of primary amides is 1. The number of nitrogens with zero attached hydrogens (tertiary/aromatic N) is 1. The number of amides is 1. The van der Waals surface area contributed by atoms with Crippen LogP contribution in [0.5, 0.6) is 0 Å². The van der Waals surface area contributed by atoms with Gasteiger partial charge in [-0.05, 0) is 24.5 Å². The first-order chi connectivity index (χ1) is 11.4. The standard InChI is InChI=1S/C15H15ClN4O3S/c1-3-10(21)8-6-7(4-5-9(8)16)18-13-11(12(17)22)14(23)20-15(19-13)24-2/h4-6H,3H2,1-2H3,(H2,17,22)(H2,18,19,20,23). The molecule has 0 bridgehead atoms. The van der Waals surface area contributed by atoms with Crippen molar-refractivity contribution in [3.05, 3.63) is 44.7 Å². The molecule has 2 rings (SSSR count). The first-order valence-corrected chi connectivity index (χ1v) is 8.55.